The number of ether oxygens (including phenoxy) is 1. The van der Waals surface area contributed by atoms with E-state index in [0.29, 0.717) is 5.56 Å². The van der Waals surface area contributed by atoms with Crippen LogP contribution in [-0.2, 0) is 11.8 Å². The zero-order chi connectivity index (χ0) is 13.1. The Kier molecular flexibility index (Phi) is 3.09. The maximum atomic E-state index is 11.1. The molecule has 0 saturated carbocycles. The number of carbonyl (C=O) groups is 1. The second-order valence-electron chi connectivity index (χ2n) is 3.42. The molecule has 0 aliphatic rings. The lowest BCUT2D eigenvalue weighted by Crippen LogP contribution is -2.11. The lowest BCUT2D eigenvalue weighted by Gasteiger charge is -2.07. The second-order valence-corrected chi connectivity index (χ2v) is 3.42. The van der Waals surface area contributed by atoms with E-state index in [9.17, 15) is 9.90 Å². The largest absolute Gasteiger partial charge is 0.505 e. The van der Waals surface area contributed by atoms with Crippen LogP contribution in [0, 0.1) is 0 Å². The molecule has 1 aromatic carbocycles. The molecule has 8 heteroatoms. The summed E-state index contributed by atoms with van der Waals surface area (Å²) in [7, 11) is 2.85. The molecule has 2 N–H and O–H groups in total. The lowest BCUT2D eigenvalue weighted by molar-refractivity contribution is 0.187. The number of nitrogens with zero attached hydrogens (tertiary/aromatic N) is 4. The maximum Gasteiger partial charge on any atom is 0.411 e. The minimum atomic E-state index is -0.672. The molecule has 0 fully saturated rings. The van der Waals surface area contributed by atoms with Crippen molar-refractivity contribution in [2.75, 3.05) is 12.4 Å². The molecule has 0 aliphatic heterocycles. The summed E-state index contributed by atoms with van der Waals surface area (Å²) in [5, 5.41) is 23.8. The first kappa shape index (κ1) is 11.8. The van der Waals surface area contributed by atoms with Gasteiger partial charge in [-0.25, -0.2) is 4.79 Å². The highest BCUT2D eigenvalue weighted by atomic mass is 16.5. The molecular weight excluding hydrogens is 238 g/mol. The minimum absolute atomic E-state index is 0.143. The standard InChI is InChI=1S/C10H11N5O3/c1-15-13-9(12-14-15)6-4-3-5-7(8(6)16)11-10(17)18-2/h3-5,16H,1-2H3,(H,11,17). The molecule has 0 spiro atoms. The van der Waals surface area contributed by atoms with Gasteiger partial charge in [-0.3, -0.25) is 5.32 Å². The molecule has 18 heavy (non-hydrogen) atoms. The van der Waals surface area contributed by atoms with Gasteiger partial charge in [0.2, 0.25) is 5.82 Å². The van der Waals surface area contributed by atoms with Crippen LogP contribution in [-0.4, -0.2) is 38.5 Å². The Morgan fingerprint density at radius 2 is 2.28 bits per heavy atom. The van der Waals surface area contributed by atoms with E-state index in [1.54, 1.807) is 19.2 Å². The van der Waals surface area contributed by atoms with Crippen LogP contribution in [0.25, 0.3) is 11.4 Å². The van der Waals surface area contributed by atoms with Crippen molar-refractivity contribution in [3.05, 3.63) is 18.2 Å². The number of phenols is 1. The molecule has 1 heterocycles. The Labute approximate surface area is 102 Å². The fourth-order valence-electron chi connectivity index (χ4n) is 1.38. The van der Waals surface area contributed by atoms with E-state index < -0.39 is 6.09 Å². The number of aromatic hydroxyl groups is 1. The number of nitrogens with one attached hydrogen (secondary N) is 1. The number of aromatic nitrogens is 4. The molecule has 0 atom stereocenters. The van der Waals surface area contributed by atoms with Crippen molar-refractivity contribution >= 4 is 11.8 Å². The lowest BCUT2D eigenvalue weighted by atomic mass is 10.1. The third-order valence-electron chi connectivity index (χ3n) is 2.21. The quantitative estimate of drug-likeness (QED) is 0.762. The summed E-state index contributed by atoms with van der Waals surface area (Å²) in [6.45, 7) is 0. The first-order valence-electron chi connectivity index (χ1n) is 5.03. The average Bonchev–Trinajstić information content (AvgIpc) is 2.78. The van der Waals surface area contributed by atoms with E-state index in [-0.39, 0.29) is 17.3 Å². The van der Waals surface area contributed by atoms with E-state index in [2.05, 4.69) is 25.5 Å². The summed E-state index contributed by atoms with van der Waals surface area (Å²) in [5.41, 5.74) is 0.587. The third-order valence-corrected chi connectivity index (χ3v) is 2.21. The number of phenolic OH excluding ortho intramolecular Hbond substituents is 1. The second kappa shape index (κ2) is 4.70. The van der Waals surface area contributed by atoms with Crippen molar-refractivity contribution in [1.29, 1.82) is 0 Å². The highest BCUT2D eigenvalue weighted by molar-refractivity contribution is 5.89. The zero-order valence-electron chi connectivity index (χ0n) is 9.78. The van der Waals surface area contributed by atoms with Gasteiger partial charge in [0, 0.05) is 0 Å². The van der Waals surface area contributed by atoms with Gasteiger partial charge in [-0.05, 0) is 17.3 Å². The third kappa shape index (κ3) is 2.21. The van der Waals surface area contributed by atoms with Crippen LogP contribution >= 0.6 is 0 Å². The van der Waals surface area contributed by atoms with Crippen LogP contribution in [0.3, 0.4) is 0 Å². The molecule has 0 radical (unpaired) electrons. The minimum Gasteiger partial charge on any atom is -0.505 e. The van der Waals surface area contributed by atoms with Crippen molar-refractivity contribution in [1.82, 2.24) is 20.2 Å². The van der Waals surface area contributed by atoms with Crippen LogP contribution in [0.1, 0.15) is 0 Å². The summed E-state index contributed by atoms with van der Waals surface area (Å²) < 4.78 is 4.45. The van der Waals surface area contributed by atoms with Gasteiger partial charge in [0.15, 0.2) is 0 Å². The van der Waals surface area contributed by atoms with E-state index in [0.717, 1.165) is 0 Å². The van der Waals surface area contributed by atoms with E-state index in [1.807, 2.05) is 0 Å². The van der Waals surface area contributed by atoms with Gasteiger partial charge in [-0.15, -0.1) is 10.2 Å². The summed E-state index contributed by atoms with van der Waals surface area (Å²) in [5.74, 6) is 0.124. The summed E-state index contributed by atoms with van der Waals surface area (Å²) in [4.78, 5) is 12.4. The number of anilines is 1. The fourth-order valence-corrected chi connectivity index (χ4v) is 1.38. The van der Waals surface area contributed by atoms with Gasteiger partial charge in [0.25, 0.3) is 0 Å². The number of para-hydroxylation sites is 1. The zero-order valence-corrected chi connectivity index (χ0v) is 9.78. The van der Waals surface area contributed by atoms with Gasteiger partial charge in [0.05, 0.1) is 25.4 Å². The van der Waals surface area contributed by atoms with Crippen LogP contribution in [0.2, 0.25) is 0 Å². The summed E-state index contributed by atoms with van der Waals surface area (Å²) in [6.07, 6.45) is -0.672. The number of hydrogen-bond donors (Lipinski definition) is 2. The molecule has 0 bridgehead atoms. The molecule has 2 aromatic rings. The van der Waals surface area contributed by atoms with Crippen molar-refractivity contribution in [2.45, 2.75) is 0 Å². The number of benzene rings is 1. The van der Waals surface area contributed by atoms with Crippen molar-refractivity contribution in [3.8, 4) is 17.1 Å². The monoisotopic (exact) mass is 249 g/mol. The Morgan fingerprint density at radius 1 is 1.50 bits per heavy atom. The van der Waals surface area contributed by atoms with E-state index >= 15 is 0 Å². The number of amides is 1. The topological polar surface area (TPSA) is 102 Å². The Hall–Kier alpha value is -2.64. The summed E-state index contributed by atoms with van der Waals surface area (Å²) >= 11 is 0. The van der Waals surface area contributed by atoms with Gasteiger partial charge >= 0.3 is 6.09 Å². The predicted molar refractivity (Wildman–Crippen MR) is 61.9 cm³/mol. The van der Waals surface area contributed by atoms with Crippen LogP contribution in [0.15, 0.2) is 18.2 Å². The van der Waals surface area contributed by atoms with Crippen molar-refractivity contribution in [3.63, 3.8) is 0 Å². The van der Waals surface area contributed by atoms with Crippen molar-refractivity contribution in [2.24, 2.45) is 7.05 Å². The number of aryl methyl sites for hydroxylation is 1. The maximum absolute atomic E-state index is 11.1. The number of tetrazole rings is 1. The number of hydrogen-bond acceptors (Lipinski definition) is 6. The van der Waals surface area contributed by atoms with Crippen molar-refractivity contribution < 1.29 is 14.6 Å². The molecule has 1 amide bonds. The Morgan fingerprint density at radius 3 is 2.89 bits per heavy atom. The number of rotatable bonds is 2. The smallest absolute Gasteiger partial charge is 0.411 e. The fraction of sp³-hybridized carbons (Fsp3) is 0.200. The molecule has 1 aromatic heterocycles. The SMILES string of the molecule is COC(=O)Nc1cccc(-c2nnn(C)n2)c1O. The van der Waals surface area contributed by atoms with Gasteiger partial charge in [-0.1, -0.05) is 6.07 Å². The highest BCUT2D eigenvalue weighted by Crippen LogP contribution is 2.33. The first-order chi connectivity index (χ1) is 8.61. The Balaban J connectivity index is 2.38. The molecule has 8 nitrogen and oxygen atoms in total. The Bertz CT molecular complexity index is 581. The number of carbonyl (C=O) groups excluding carboxylic acids is 1. The van der Waals surface area contributed by atoms with Crippen LogP contribution in [0.5, 0.6) is 5.75 Å². The van der Waals surface area contributed by atoms with Crippen LogP contribution in [0.4, 0.5) is 10.5 Å². The van der Waals surface area contributed by atoms with Crippen LogP contribution < -0.4 is 5.32 Å². The van der Waals surface area contributed by atoms with Gasteiger partial charge in [-0.2, -0.15) is 4.80 Å². The molecule has 0 saturated heterocycles. The predicted octanol–water partition coefficient (Wildman–Crippen LogP) is 0.761. The molecule has 2 rings (SSSR count). The van der Waals surface area contributed by atoms with E-state index in [4.69, 9.17) is 0 Å². The molecule has 0 unspecified atom stereocenters. The van der Waals surface area contributed by atoms with Gasteiger partial charge in [0.1, 0.15) is 5.75 Å². The first-order valence-corrected chi connectivity index (χ1v) is 5.03. The molecular formula is C10H11N5O3. The summed E-state index contributed by atoms with van der Waals surface area (Å²) in [6, 6.07) is 4.80. The number of methoxy groups -OCH3 is 1. The molecule has 0 aliphatic carbocycles. The molecule has 94 valence electrons. The average molecular weight is 249 g/mol. The van der Waals surface area contributed by atoms with E-state index in [1.165, 1.54) is 18.0 Å². The normalized spacial score (nSPS) is 10.1. The highest BCUT2D eigenvalue weighted by Gasteiger charge is 2.14. The van der Waals surface area contributed by atoms with Gasteiger partial charge < -0.3 is 9.84 Å².